The van der Waals surface area contributed by atoms with E-state index < -0.39 is 5.97 Å². The van der Waals surface area contributed by atoms with Gasteiger partial charge in [-0.05, 0) is 29.9 Å². The first-order valence-electron chi connectivity index (χ1n) is 5.77. The second-order valence-electron chi connectivity index (χ2n) is 4.34. The topological polar surface area (TPSA) is 49.3 Å². The molecule has 0 aliphatic heterocycles. The van der Waals surface area contributed by atoms with Crippen molar-refractivity contribution in [3.63, 3.8) is 0 Å². The van der Waals surface area contributed by atoms with E-state index in [1.165, 1.54) is 24.0 Å². The summed E-state index contributed by atoms with van der Waals surface area (Å²) in [5.41, 5.74) is 2.67. The first kappa shape index (κ1) is 11.1. The Morgan fingerprint density at radius 3 is 2.94 bits per heavy atom. The number of carbonyl (C=O) groups is 1. The van der Waals surface area contributed by atoms with E-state index in [1.807, 2.05) is 0 Å². The van der Waals surface area contributed by atoms with E-state index in [0.29, 0.717) is 6.54 Å². The second-order valence-corrected chi connectivity index (χ2v) is 4.34. The highest BCUT2D eigenvalue weighted by Gasteiger charge is 2.23. The number of hydrogen-bond donors (Lipinski definition) is 2. The molecule has 1 aromatic carbocycles. The van der Waals surface area contributed by atoms with Crippen LogP contribution in [-0.4, -0.2) is 17.6 Å². The van der Waals surface area contributed by atoms with Crippen LogP contribution in [0.15, 0.2) is 24.3 Å². The third kappa shape index (κ3) is 3.35. The Kier molecular flexibility index (Phi) is 3.57. The summed E-state index contributed by atoms with van der Waals surface area (Å²) in [6.07, 6.45) is 2.81. The maximum atomic E-state index is 10.3. The molecule has 0 radical (unpaired) electrons. The van der Waals surface area contributed by atoms with Gasteiger partial charge < -0.3 is 10.4 Å². The number of nitrogens with one attached hydrogen (secondary N) is 1. The molecule has 2 rings (SSSR count). The Balaban J connectivity index is 1.79. The molecule has 16 heavy (non-hydrogen) atoms. The van der Waals surface area contributed by atoms with Crippen LogP contribution in [0.25, 0.3) is 0 Å². The van der Waals surface area contributed by atoms with E-state index in [0.717, 1.165) is 12.5 Å². The summed E-state index contributed by atoms with van der Waals surface area (Å²) in [5, 5.41) is 11.6. The predicted octanol–water partition coefficient (Wildman–Crippen LogP) is 2.13. The van der Waals surface area contributed by atoms with Crippen LogP contribution >= 0.6 is 0 Å². The smallest absolute Gasteiger partial charge is 0.304 e. The van der Waals surface area contributed by atoms with Gasteiger partial charge in [-0.25, -0.2) is 0 Å². The zero-order chi connectivity index (χ0) is 11.4. The Morgan fingerprint density at radius 1 is 1.44 bits per heavy atom. The van der Waals surface area contributed by atoms with Crippen molar-refractivity contribution >= 4 is 5.97 Å². The number of aliphatic carboxylic acids is 1. The van der Waals surface area contributed by atoms with Crippen LogP contribution in [0.1, 0.15) is 36.3 Å². The lowest BCUT2D eigenvalue weighted by Gasteiger charge is -2.05. The van der Waals surface area contributed by atoms with E-state index in [4.69, 9.17) is 5.11 Å². The molecule has 3 heteroatoms. The van der Waals surface area contributed by atoms with E-state index in [2.05, 4.69) is 29.6 Å². The van der Waals surface area contributed by atoms with Crippen LogP contribution in [0, 0.1) is 0 Å². The van der Waals surface area contributed by atoms with Crippen LogP contribution in [0.3, 0.4) is 0 Å². The molecule has 0 saturated heterocycles. The number of carboxylic acids is 1. The first-order chi connectivity index (χ1) is 7.75. The van der Waals surface area contributed by atoms with Crippen LogP contribution in [0.5, 0.6) is 0 Å². The SMILES string of the molecule is O=C(O)CCNCc1cccc(C2CC2)c1. The maximum absolute atomic E-state index is 10.3. The van der Waals surface area contributed by atoms with Crippen molar-refractivity contribution in [3.8, 4) is 0 Å². The second kappa shape index (κ2) is 5.12. The van der Waals surface area contributed by atoms with E-state index in [9.17, 15) is 4.79 Å². The van der Waals surface area contributed by atoms with E-state index >= 15 is 0 Å². The molecule has 2 N–H and O–H groups in total. The minimum absolute atomic E-state index is 0.183. The van der Waals surface area contributed by atoms with Crippen LogP contribution < -0.4 is 5.32 Å². The van der Waals surface area contributed by atoms with Crippen molar-refractivity contribution in [2.24, 2.45) is 0 Å². The summed E-state index contributed by atoms with van der Waals surface area (Å²) < 4.78 is 0. The largest absolute Gasteiger partial charge is 0.481 e. The fraction of sp³-hybridized carbons (Fsp3) is 0.462. The minimum Gasteiger partial charge on any atom is -0.481 e. The molecule has 0 unspecified atom stereocenters. The van der Waals surface area contributed by atoms with Crippen molar-refractivity contribution in [1.29, 1.82) is 0 Å². The Morgan fingerprint density at radius 2 is 2.25 bits per heavy atom. The van der Waals surface area contributed by atoms with Crippen molar-refractivity contribution in [1.82, 2.24) is 5.32 Å². The Hall–Kier alpha value is -1.35. The quantitative estimate of drug-likeness (QED) is 0.720. The fourth-order valence-electron chi connectivity index (χ4n) is 1.80. The number of carboxylic acid groups (broad SMARTS) is 1. The van der Waals surface area contributed by atoms with Gasteiger partial charge in [0.2, 0.25) is 0 Å². The van der Waals surface area contributed by atoms with Gasteiger partial charge in [-0.15, -0.1) is 0 Å². The lowest BCUT2D eigenvalue weighted by molar-refractivity contribution is -0.136. The maximum Gasteiger partial charge on any atom is 0.304 e. The summed E-state index contributed by atoms with van der Waals surface area (Å²) in [4.78, 5) is 10.3. The molecule has 0 aromatic heterocycles. The molecule has 0 atom stereocenters. The van der Waals surface area contributed by atoms with E-state index in [1.54, 1.807) is 0 Å². The summed E-state index contributed by atoms with van der Waals surface area (Å²) >= 11 is 0. The standard InChI is InChI=1S/C13H17NO2/c15-13(16)6-7-14-9-10-2-1-3-12(8-10)11-4-5-11/h1-3,8,11,14H,4-7,9H2,(H,15,16). The molecule has 1 aromatic rings. The summed E-state index contributed by atoms with van der Waals surface area (Å²) in [5.74, 6) is 0.0261. The van der Waals surface area contributed by atoms with Crippen LogP contribution in [0.4, 0.5) is 0 Å². The zero-order valence-corrected chi connectivity index (χ0v) is 9.28. The van der Waals surface area contributed by atoms with Crippen LogP contribution in [-0.2, 0) is 11.3 Å². The van der Waals surface area contributed by atoms with E-state index in [-0.39, 0.29) is 6.42 Å². The normalized spacial score (nSPS) is 15.0. The lowest BCUT2D eigenvalue weighted by atomic mass is 10.1. The Bertz CT molecular complexity index is 372. The molecule has 0 bridgehead atoms. The van der Waals surface area contributed by atoms with Gasteiger partial charge in [0.15, 0.2) is 0 Å². The van der Waals surface area contributed by atoms with Gasteiger partial charge in [0.25, 0.3) is 0 Å². The van der Waals surface area contributed by atoms with Crippen molar-refractivity contribution < 1.29 is 9.90 Å². The average molecular weight is 219 g/mol. The third-order valence-electron chi connectivity index (χ3n) is 2.84. The molecular weight excluding hydrogens is 202 g/mol. The number of rotatable bonds is 6. The summed E-state index contributed by atoms with van der Waals surface area (Å²) in [7, 11) is 0. The van der Waals surface area contributed by atoms with Crippen molar-refractivity contribution in [2.75, 3.05) is 6.54 Å². The third-order valence-corrected chi connectivity index (χ3v) is 2.84. The summed E-state index contributed by atoms with van der Waals surface area (Å²) in [6.45, 7) is 1.29. The molecule has 0 heterocycles. The molecule has 0 amide bonds. The van der Waals surface area contributed by atoms with Crippen LogP contribution in [0.2, 0.25) is 0 Å². The van der Waals surface area contributed by atoms with Gasteiger partial charge in [-0.2, -0.15) is 0 Å². The number of hydrogen-bond acceptors (Lipinski definition) is 2. The highest BCUT2D eigenvalue weighted by atomic mass is 16.4. The van der Waals surface area contributed by atoms with Gasteiger partial charge >= 0.3 is 5.97 Å². The van der Waals surface area contributed by atoms with Gasteiger partial charge in [-0.3, -0.25) is 4.79 Å². The molecule has 0 spiro atoms. The summed E-state index contributed by atoms with van der Waals surface area (Å²) in [6, 6.07) is 8.57. The van der Waals surface area contributed by atoms with Gasteiger partial charge in [0, 0.05) is 13.1 Å². The van der Waals surface area contributed by atoms with Crippen molar-refractivity contribution in [2.45, 2.75) is 31.7 Å². The van der Waals surface area contributed by atoms with Gasteiger partial charge in [0.05, 0.1) is 6.42 Å². The zero-order valence-electron chi connectivity index (χ0n) is 9.28. The minimum atomic E-state index is -0.751. The molecule has 1 saturated carbocycles. The number of benzene rings is 1. The Labute approximate surface area is 95.5 Å². The van der Waals surface area contributed by atoms with Gasteiger partial charge in [-0.1, -0.05) is 24.3 Å². The van der Waals surface area contributed by atoms with Crippen molar-refractivity contribution in [3.05, 3.63) is 35.4 Å². The molecular formula is C13H17NO2. The highest BCUT2D eigenvalue weighted by molar-refractivity contribution is 5.66. The monoisotopic (exact) mass is 219 g/mol. The molecule has 1 aliphatic carbocycles. The first-order valence-corrected chi connectivity index (χ1v) is 5.77. The highest BCUT2D eigenvalue weighted by Crippen LogP contribution is 2.40. The molecule has 86 valence electrons. The fourth-order valence-corrected chi connectivity index (χ4v) is 1.80. The molecule has 1 fully saturated rings. The molecule has 1 aliphatic rings. The molecule has 3 nitrogen and oxygen atoms in total. The average Bonchev–Trinajstić information content (AvgIpc) is 3.08. The lowest BCUT2D eigenvalue weighted by Crippen LogP contribution is -2.17. The predicted molar refractivity (Wildman–Crippen MR) is 62.4 cm³/mol. The van der Waals surface area contributed by atoms with Gasteiger partial charge in [0.1, 0.15) is 0 Å².